The third-order valence-electron chi connectivity index (χ3n) is 9.69. The van der Waals surface area contributed by atoms with Gasteiger partial charge in [0.25, 0.3) is 0 Å². The Morgan fingerprint density at radius 2 is 0.830 bits per heavy atom. The van der Waals surface area contributed by atoms with Crippen LogP contribution in [-0.4, -0.2) is 34.9 Å². The molecule has 0 saturated carbocycles. The van der Waals surface area contributed by atoms with Gasteiger partial charge in [-0.05, 0) is 32.1 Å². The SMILES string of the molecule is CCCCCC/C=C/CC/C=C/C(O)C(CO)NC(=O)CCCCCCCCCCCCCCCCCCCCCCCCCCC. The van der Waals surface area contributed by atoms with E-state index in [2.05, 4.69) is 31.3 Å². The molecule has 4 nitrogen and oxygen atoms in total. The molecule has 0 spiro atoms. The maximum atomic E-state index is 12.3. The summed E-state index contributed by atoms with van der Waals surface area (Å²) in [5.41, 5.74) is 0. The first kappa shape index (κ1) is 45.9. The van der Waals surface area contributed by atoms with Gasteiger partial charge in [-0.15, -0.1) is 0 Å². The summed E-state index contributed by atoms with van der Waals surface area (Å²) in [5.74, 6) is -0.0726. The topological polar surface area (TPSA) is 69.6 Å². The van der Waals surface area contributed by atoms with E-state index in [1.807, 2.05) is 6.08 Å². The molecule has 0 aliphatic heterocycles. The van der Waals surface area contributed by atoms with E-state index in [-0.39, 0.29) is 12.5 Å². The van der Waals surface area contributed by atoms with E-state index >= 15 is 0 Å². The van der Waals surface area contributed by atoms with Crippen LogP contribution in [0.2, 0.25) is 0 Å². The Bertz CT molecular complexity index is 676. The smallest absolute Gasteiger partial charge is 0.220 e. The fraction of sp³-hybridized carbons (Fsp3) is 0.884. The average Bonchev–Trinajstić information content (AvgIpc) is 3.07. The number of nitrogens with one attached hydrogen (secondary N) is 1. The molecule has 0 aromatic rings. The van der Waals surface area contributed by atoms with Crippen molar-refractivity contribution in [2.75, 3.05) is 6.61 Å². The molecule has 2 atom stereocenters. The van der Waals surface area contributed by atoms with Gasteiger partial charge in [0.15, 0.2) is 0 Å². The summed E-state index contributed by atoms with van der Waals surface area (Å²) >= 11 is 0. The van der Waals surface area contributed by atoms with Gasteiger partial charge in [0.1, 0.15) is 0 Å². The van der Waals surface area contributed by atoms with Crippen molar-refractivity contribution in [1.29, 1.82) is 0 Å². The second kappa shape index (κ2) is 39.3. The van der Waals surface area contributed by atoms with Crippen LogP contribution in [-0.2, 0) is 4.79 Å². The maximum absolute atomic E-state index is 12.3. The van der Waals surface area contributed by atoms with Crippen molar-refractivity contribution in [3.63, 3.8) is 0 Å². The molecule has 4 heteroatoms. The van der Waals surface area contributed by atoms with Gasteiger partial charge in [-0.2, -0.15) is 0 Å². The van der Waals surface area contributed by atoms with E-state index in [1.54, 1.807) is 6.08 Å². The first-order valence-corrected chi connectivity index (χ1v) is 21.1. The van der Waals surface area contributed by atoms with Gasteiger partial charge < -0.3 is 15.5 Å². The van der Waals surface area contributed by atoms with E-state index in [4.69, 9.17) is 0 Å². The van der Waals surface area contributed by atoms with Gasteiger partial charge in [-0.25, -0.2) is 0 Å². The number of allylic oxidation sites excluding steroid dienone is 3. The highest BCUT2D eigenvalue weighted by Gasteiger charge is 2.17. The fourth-order valence-corrected chi connectivity index (χ4v) is 6.43. The lowest BCUT2D eigenvalue weighted by atomic mass is 10.0. The van der Waals surface area contributed by atoms with Crippen molar-refractivity contribution >= 4 is 5.91 Å². The van der Waals surface area contributed by atoms with Crippen LogP contribution in [0.1, 0.15) is 226 Å². The van der Waals surface area contributed by atoms with Crippen LogP contribution in [0.4, 0.5) is 0 Å². The van der Waals surface area contributed by atoms with Gasteiger partial charge >= 0.3 is 0 Å². The molecule has 278 valence electrons. The first-order chi connectivity index (χ1) is 23.2. The third kappa shape index (κ3) is 36.0. The average molecular weight is 662 g/mol. The molecular formula is C43H83NO3. The molecule has 0 saturated heterocycles. The zero-order chi connectivity index (χ0) is 34.3. The van der Waals surface area contributed by atoms with Crippen LogP contribution in [0.5, 0.6) is 0 Å². The number of hydrogen-bond acceptors (Lipinski definition) is 3. The summed E-state index contributed by atoms with van der Waals surface area (Å²) in [6.45, 7) is 4.27. The largest absolute Gasteiger partial charge is 0.394 e. The van der Waals surface area contributed by atoms with Crippen molar-refractivity contribution < 1.29 is 15.0 Å². The minimum Gasteiger partial charge on any atom is -0.394 e. The van der Waals surface area contributed by atoms with Crippen molar-refractivity contribution in [2.24, 2.45) is 0 Å². The minimum absolute atomic E-state index is 0.0726. The van der Waals surface area contributed by atoms with E-state index in [1.165, 1.54) is 173 Å². The zero-order valence-electron chi connectivity index (χ0n) is 31.8. The van der Waals surface area contributed by atoms with Crippen LogP contribution in [0.25, 0.3) is 0 Å². The van der Waals surface area contributed by atoms with E-state index in [0.717, 1.165) is 32.1 Å². The summed E-state index contributed by atoms with van der Waals surface area (Å²) in [4.78, 5) is 12.3. The molecule has 0 heterocycles. The summed E-state index contributed by atoms with van der Waals surface area (Å²) in [5, 5.41) is 22.8. The van der Waals surface area contributed by atoms with E-state index < -0.39 is 12.1 Å². The molecule has 0 radical (unpaired) electrons. The normalized spacial score (nSPS) is 13.2. The van der Waals surface area contributed by atoms with Crippen molar-refractivity contribution in [3.8, 4) is 0 Å². The van der Waals surface area contributed by atoms with Crippen LogP contribution >= 0.6 is 0 Å². The van der Waals surface area contributed by atoms with Crippen LogP contribution < -0.4 is 5.32 Å². The predicted molar refractivity (Wildman–Crippen MR) is 207 cm³/mol. The maximum Gasteiger partial charge on any atom is 0.220 e. The fourth-order valence-electron chi connectivity index (χ4n) is 6.43. The summed E-state index contributed by atoms with van der Waals surface area (Å²) < 4.78 is 0. The van der Waals surface area contributed by atoms with E-state index in [0.29, 0.717) is 6.42 Å². The molecule has 0 aromatic heterocycles. The molecule has 0 aliphatic rings. The highest BCUT2D eigenvalue weighted by atomic mass is 16.3. The Morgan fingerprint density at radius 3 is 1.23 bits per heavy atom. The highest BCUT2D eigenvalue weighted by molar-refractivity contribution is 5.76. The standard InChI is InChI=1S/C43H83NO3/c1-3-5-7-9-11-13-15-16-17-18-19-20-21-22-23-24-25-26-27-28-29-31-33-35-37-39-43(47)44-41(40-45)42(46)38-36-34-32-30-14-12-10-8-6-4-2/h14,30,36,38,41-42,45-46H,3-13,15-29,31-35,37,39-40H2,1-2H3,(H,44,47)/b30-14+,38-36+. The molecule has 0 bridgehead atoms. The lowest BCUT2D eigenvalue weighted by Crippen LogP contribution is -2.45. The van der Waals surface area contributed by atoms with E-state index in [9.17, 15) is 15.0 Å². The van der Waals surface area contributed by atoms with Crippen LogP contribution in [0.3, 0.4) is 0 Å². The molecule has 0 fully saturated rings. The minimum atomic E-state index is -0.856. The molecule has 2 unspecified atom stereocenters. The van der Waals surface area contributed by atoms with Gasteiger partial charge in [0, 0.05) is 6.42 Å². The molecule has 1 amide bonds. The third-order valence-corrected chi connectivity index (χ3v) is 9.69. The Kier molecular flexibility index (Phi) is 38.4. The van der Waals surface area contributed by atoms with Crippen LogP contribution in [0, 0.1) is 0 Å². The van der Waals surface area contributed by atoms with Gasteiger partial charge in [0.2, 0.25) is 5.91 Å². The van der Waals surface area contributed by atoms with Crippen LogP contribution in [0.15, 0.2) is 24.3 Å². The first-order valence-electron chi connectivity index (χ1n) is 21.1. The highest BCUT2D eigenvalue weighted by Crippen LogP contribution is 2.16. The van der Waals surface area contributed by atoms with Crippen molar-refractivity contribution in [1.82, 2.24) is 5.32 Å². The van der Waals surface area contributed by atoms with Crippen molar-refractivity contribution in [2.45, 2.75) is 238 Å². The number of carbonyl (C=O) groups excluding carboxylic acids is 1. The molecule has 0 aliphatic carbocycles. The quantitative estimate of drug-likeness (QED) is 0.0455. The van der Waals surface area contributed by atoms with Gasteiger partial charge in [-0.3, -0.25) is 4.79 Å². The second-order valence-electron chi connectivity index (χ2n) is 14.4. The summed E-state index contributed by atoms with van der Waals surface area (Å²) in [6.07, 6.45) is 50.1. The Hall–Kier alpha value is -1.13. The zero-order valence-corrected chi connectivity index (χ0v) is 31.8. The Balaban J connectivity index is 3.46. The number of aliphatic hydroxyl groups excluding tert-OH is 2. The summed E-state index contributed by atoms with van der Waals surface area (Å²) in [7, 11) is 0. The number of amides is 1. The lowest BCUT2D eigenvalue weighted by Gasteiger charge is -2.19. The number of carbonyl (C=O) groups is 1. The number of unbranched alkanes of at least 4 members (excludes halogenated alkanes) is 29. The lowest BCUT2D eigenvalue weighted by molar-refractivity contribution is -0.123. The Labute approximate surface area is 294 Å². The number of rotatable bonds is 38. The van der Waals surface area contributed by atoms with Gasteiger partial charge in [-0.1, -0.05) is 212 Å². The molecule has 47 heavy (non-hydrogen) atoms. The monoisotopic (exact) mass is 662 g/mol. The Morgan fingerprint density at radius 1 is 0.489 bits per heavy atom. The summed E-state index contributed by atoms with van der Waals surface area (Å²) in [6, 6.07) is -0.632. The molecular weight excluding hydrogens is 578 g/mol. The van der Waals surface area contributed by atoms with Crippen molar-refractivity contribution in [3.05, 3.63) is 24.3 Å². The molecule has 3 N–H and O–H groups in total. The molecule has 0 rings (SSSR count). The van der Waals surface area contributed by atoms with Gasteiger partial charge in [0.05, 0.1) is 18.8 Å². The number of hydrogen-bond donors (Lipinski definition) is 3. The molecule has 0 aromatic carbocycles. The second-order valence-corrected chi connectivity index (χ2v) is 14.4. The number of aliphatic hydroxyl groups is 2. The predicted octanol–water partition coefficient (Wildman–Crippen LogP) is 12.8.